The first-order chi connectivity index (χ1) is 38.7. The lowest BCUT2D eigenvalue weighted by Gasteiger charge is -2.42. The van der Waals surface area contributed by atoms with Crippen LogP contribution in [0.25, 0.3) is 0 Å². The zero-order chi connectivity index (χ0) is 59.6. The fourth-order valence-corrected chi connectivity index (χ4v) is 11.5. The predicted octanol–water partition coefficient (Wildman–Crippen LogP) is 6.78. The van der Waals surface area contributed by atoms with Crippen molar-refractivity contribution in [3.63, 3.8) is 0 Å². The van der Waals surface area contributed by atoms with Gasteiger partial charge in [-0.3, -0.25) is 19.2 Å². The minimum absolute atomic E-state index is 0.00384. The minimum Gasteiger partial charge on any atom is -0.465 e. The topological polar surface area (TPSA) is 233 Å². The summed E-state index contributed by atoms with van der Waals surface area (Å²) in [5.41, 5.74) is 1.25. The van der Waals surface area contributed by atoms with Gasteiger partial charge in [0.2, 0.25) is 5.79 Å². The Morgan fingerprint density at radius 2 is 1.49 bits per heavy atom. The van der Waals surface area contributed by atoms with Crippen LogP contribution in [-0.2, 0) is 71.3 Å². The average Bonchev–Trinajstić information content (AvgIpc) is 3.56. The molecule has 460 valence electrons. The molecular weight excluding hydrogens is 1060 g/mol. The van der Waals surface area contributed by atoms with E-state index in [4.69, 9.17) is 59.6 Å². The van der Waals surface area contributed by atoms with Crippen LogP contribution in [0.15, 0.2) is 47.6 Å². The number of nitrogens with one attached hydrogen (secondary N) is 1. The van der Waals surface area contributed by atoms with Gasteiger partial charge in [-0.05, 0) is 119 Å². The van der Waals surface area contributed by atoms with Crippen LogP contribution in [0.2, 0.25) is 0 Å². The number of hydrogen-bond acceptors (Lipinski definition) is 18. The quantitative estimate of drug-likeness (QED) is 0.0398. The van der Waals surface area contributed by atoms with Crippen molar-refractivity contribution in [2.45, 2.75) is 180 Å². The van der Waals surface area contributed by atoms with Crippen molar-refractivity contribution in [2.75, 3.05) is 87.8 Å². The van der Waals surface area contributed by atoms with Crippen molar-refractivity contribution >= 4 is 46.6 Å². The van der Waals surface area contributed by atoms with E-state index in [2.05, 4.69) is 5.32 Å². The van der Waals surface area contributed by atoms with Crippen molar-refractivity contribution < 1.29 is 81.6 Å². The lowest BCUT2D eigenvalue weighted by atomic mass is 9.78. The highest BCUT2D eigenvalue weighted by atomic mass is 32.1. The van der Waals surface area contributed by atoms with Gasteiger partial charge in [-0.2, -0.15) is 0 Å². The van der Waals surface area contributed by atoms with Crippen LogP contribution >= 0.6 is 12.2 Å². The second kappa shape index (κ2) is 36.1. The molecule has 3 heterocycles. The van der Waals surface area contributed by atoms with Gasteiger partial charge in [-0.1, -0.05) is 71.1 Å². The summed E-state index contributed by atoms with van der Waals surface area (Å²) in [7, 11) is 6.21. The number of fused-ring (bicyclic) bond motifs is 3. The summed E-state index contributed by atoms with van der Waals surface area (Å²) < 4.78 is 57.7. The maximum atomic E-state index is 14.6. The standard InChI is InChI=1S/C61H98N2O17S/c1-39-17-13-12-14-18-40(2)51(72-9)37-47-22-20-45(7)61(70,80-47)57(67)58(68)63-25-16-15-19-48(63)59(69)78-52(38-49(64)41(3)34-44(6)55(66)56(74-11)54(65)43(5)33-39)42(4)35-46-21-23-50(53(36-46)73-10)79-60(81)62-24-26-75-29-30-77-32-31-76-28-27-71-8/h12-14,17-18,34,39,41-43,45-48,50-53,55-56,66,70H,15-16,19-33,35-38H2,1-11H3,(H,62,81)/b14-12+,17-13+,40-18+,44-34+/t39-,41-,42-,43-,45-,46+,47+,48+,50-,51+,52+,53-,55-,56+,61-/m1/s1. The number of cyclic esters (lactones) is 1. The average molecular weight is 1160 g/mol. The monoisotopic (exact) mass is 1160 g/mol. The number of carbonyl (C=O) groups is 5. The van der Waals surface area contributed by atoms with Gasteiger partial charge >= 0.3 is 5.97 Å². The summed E-state index contributed by atoms with van der Waals surface area (Å²) in [6, 6.07) is -1.17. The summed E-state index contributed by atoms with van der Waals surface area (Å²) in [6.45, 7) is 16.4. The van der Waals surface area contributed by atoms with Gasteiger partial charge in [0, 0.05) is 72.1 Å². The Morgan fingerprint density at radius 1 is 0.802 bits per heavy atom. The molecule has 1 amide bonds. The van der Waals surface area contributed by atoms with Crippen molar-refractivity contribution in [3.8, 4) is 0 Å². The fourth-order valence-electron chi connectivity index (χ4n) is 11.3. The number of piperidine rings is 1. The Kier molecular flexibility index (Phi) is 31.1. The summed E-state index contributed by atoms with van der Waals surface area (Å²) in [5.74, 6) is -8.20. The van der Waals surface area contributed by atoms with Crippen LogP contribution in [0.4, 0.5) is 0 Å². The van der Waals surface area contributed by atoms with Crippen molar-refractivity contribution in [1.29, 1.82) is 0 Å². The minimum atomic E-state index is -2.45. The van der Waals surface area contributed by atoms with E-state index in [0.717, 1.165) is 12.0 Å². The molecule has 4 aliphatic rings. The van der Waals surface area contributed by atoms with Crippen molar-refractivity contribution in [2.24, 2.45) is 35.5 Å². The van der Waals surface area contributed by atoms with E-state index < -0.39 is 77.8 Å². The number of Topliss-reactive ketones (excluding diaryl/α,β-unsaturated/α-hetero) is 3. The molecule has 4 rings (SSSR count). The van der Waals surface area contributed by atoms with Crippen LogP contribution in [-0.4, -0.2) is 192 Å². The van der Waals surface area contributed by atoms with E-state index >= 15 is 0 Å². The smallest absolute Gasteiger partial charge is 0.329 e. The summed E-state index contributed by atoms with van der Waals surface area (Å²) in [5, 5.41) is 27.0. The molecule has 0 aromatic carbocycles. The number of carbonyl (C=O) groups excluding carboxylic acids is 5. The van der Waals surface area contributed by atoms with Gasteiger partial charge in [0.1, 0.15) is 36.2 Å². The maximum Gasteiger partial charge on any atom is 0.329 e. The molecular formula is C61H98N2O17S. The normalized spacial score (nSPS) is 34.7. The van der Waals surface area contributed by atoms with Gasteiger partial charge in [0.05, 0.1) is 64.6 Å². The van der Waals surface area contributed by atoms with E-state index in [-0.39, 0.29) is 66.1 Å². The second-order valence-corrected chi connectivity index (χ2v) is 23.1. The Labute approximate surface area is 487 Å². The molecule has 1 saturated carbocycles. The number of ketones is 3. The second-order valence-electron chi connectivity index (χ2n) is 22.7. The molecule has 0 radical (unpaired) electrons. The summed E-state index contributed by atoms with van der Waals surface area (Å²) in [4.78, 5) is 72.9. The molecule has 2 saturated heterocycles. The van der Waals surface area contributed by atoms with E-state index in [0.29, 0.717) is 116 Å². The third-order valence-electron chi connectivity index (χ3n) is 16.4. The lowest BCUT2D eigenvalue weighted by Crippen LogP contribution is -2.61. The van der Waals surface area contributed by atoms with Crippen LogP contribution in [0.1, 0.15) is 126 Å². The van der Waals surface area contributed by atoms with E-state index in [1.165, 1.54) is 12.0 Å². The number of hydrogen-bond donors (Lipinski definition) is 3. The lowest BCUT2D eigenvalue weighted by molar-refractivity contribution is -0.265. The fraction of sp³-hybridized carbons (Fsp3) is 0.770. The molecule has 1 aliphatic carbocycles. The molecule has 3 N–H and O–H groups in total. The number of thiocarbonyl (C=S) groups is 1. The van der Waals surface area contributed by atoms with Gasteiger partial charge in [0.25, 0.3) is 16.9 Å². The molecule has 20 heteroatoms. The number of ether oxygens (including phenoxy) is 10. The number of methoxy groups -OCH3 is 4. The highest BCUT2D eigenvalue weighted by molar-refractivity contribution is 7.80. The summed E-state index contributed by atoms with van der Waals surface area (Å²) in [6.07, 6.45) is 11.3. The van der Waals surface area contributed by atoms with Gasteiger partial charge in [0.15, 0.2) is 5.78 Å². The van der Waals surface area contributed by atoms with Gasteiger partial charge in [-0.25, -0.2) is 4.79 Å². The molecule has 2 bridgehead atoms. The Hall–Kier alpha value is -3.80. The highest BCUT2D eigenvalue weighted by Crippen LogP contribution is 2.38. The molecule has 19 nitrogen and oxygen atoms in total. The first-order valence-corrected chi connectivity index (χ1v) is 29.8. The van der Waals surface area contributed by atoms with Crippen LogP contribution in [0, 0.1) is 35.5 Å². The molecule has 0 aromatic rings. The Balaban J connectivity index is 1.55. The number of rotatable bonds is 19. The predicted molar refractivity (Wildman–Crippen MR) is 309 cm³/mol. The molecule has 81 heavy (non-hydrogen) atoms. The molecule has 0 unspecified atom stereocenters. The van der Waals surface area contributed by atoms with Crippen LogP contribution < -0.4 is 5.32 Å². The van der Waals surface area contributed by atoms with Crippen LogP contribution in [0.5, 0.6) is 0 Å². The number of amides is 1. The van der Waals surface area contributed by atoms with Crippen LogP contribution in [0.3, 0.4) is 0 Å². The summed E-state index contributed by atoms with van der Waals surface area (Å²) >= 11 is 5.54. The Bertz CT molecular complexity index is 2120. The zero-order valence-corrected chi connectivity index (χ0v) is 51.1. The molecule has 15 atom stereocenters. The molecule has 3 aliphatic heterocycles. The SMILES string of the molecule is COCCOCCOCCOCCNC(=S)O[C@@H]1CC[C@@H](C[C@@H](C)[C@@H]2CC(=O)[C@H](C)/C=C(\C)[C@@H](O)[C@@H](OC)C(=O)[C@H](C)C[C@H](C)/C=C/C=C/C=C(\C)[C@@H](OC)C[C@@H]3CC[C@@H](C)[C@@](O)(O3)C(=O)C(=O)N3CCCC[C@H]3C(=O)O2)C[C@H]1OC. The van der Waals surface area contributed by atoms with E-state index in [9.17, 15) is 34.2 Å². The third kappa shape index (κ3) is 22.0. The maximum absolute atomic E-state index is 14.6. The molecule has 3 fully saturated rings. The first-order valence-electron chi connectivity index (χ1n) is 29.3. The number of aliphatic hydroxyl groups is 2. The van der Waals surface area contributed by atoms with Gasteiger partial charge in [-0.15, -0.1) is 0 Å². The third-order valence-corrected chi connectivity index (χ3v) is 16.6. The number of aliphatic hydroxyl groups excluding tert-OH is 1. The largest absolute Gasteiger partial charge is 0.465 e. The van der Waals surface area contributed by atoms with E-state index in [1.54, 1.807) is 48.2 Å². The molecule has 0 aromatic heterocycles. The van der Waals surface area contributed by atoms with E-state index in [1.807, 2.05) is 58.1 Å². The number of esters is 1. The number of allylic oxidation sites excluding steroid dienone is 6. The Morgan fingerprint density at radius 3 is 2.16 bits per heavy atom. The zero-order valence-electron chi connectivity index (χ0n) is 50.3. The highest BCUT2D eigenvalue weighted by Gasteiger charge is 2.53. The van der Waals surface area contributed by atoms with Crippen molar-refractivity contribution in [3.05, 3.63) is 47.6 Å². The number of nitrogens with zero attached hydrogens (tertiary/aromatic N) is 1. The van der Waals surface area contributed by atoms with Crippen molar-refractivity contribution in [1.82, 2.24) is 10.2 Å². The first kappa shape index (κ1) is 69.7. The van der Waals surface area contributed by atoms with Gasteiger partial charge < -0.3 is 67.8 Å². The molecule has 0 spiro atoms.